The molecule has 0 radical (unpaired) electrons. The number of hydrogen-bond acceptors (Lipinski definition) is 3. The number of piperazine rings is 1. The van der Waals surface area contributed by atoms with Gasteiger partial charge in [0.2, 0.25) is 5.91 Å². The zero-order valence-corrected chi connectivity index (χ0v) is 11.0. The van der Waals surface area contributed by atoms with E-state index in [0.29, 0.717) is 25.6 Å². The minimum absolute atomic E-state index is 0.0378. The lowest BCUT2D eigenvalue weighted by Crippen LogP contribution is -2.55. The summed E-state index contributed by atoms with van der Waals surface area (Å²) >= 11 is 0. The predicted octanol–water partition coefficient (Wildman–Crippen LogP) is -0.323. The zero-order valence-electron chi connectivity index (χ0n) is 11.0. The topological polar surface area (TPSA) is 81.2 Å². The summed E-state index contributed by atoms with van der Waals surface area (Å²) in [5.41, 5.74) is 0. The van der Waals surface area contributed by atoms with Gasteiger partial charge in [0.05, 0.1) is 0 Å². The first-order valence-corrected chi connectivity index (χ1v) is 6.47. The Kier molecular flexibility index (Phi) is 3.92. The van der Waals surface area contributed by atoms with Gasteiger partial charge in [-0.1, -0.05) is 0 Å². The smallest absolute Gasteiger partial charge is 0.323 e. The molecule has 0 spiro atoms. The van der Waals surface area contributed by atoms with Crippen molar-refractivity contribution in [2.24, 2.45) is 5.92 Å². The van der Waals surface area contributed by atoms with Gasteiger partial charge in [0.1, 0.15) is 13.1 Å². The van der Waals surface area contributed by atoms with Crippen LogP contribution in [0.3, 0.4) is 0 Å². The quantitative estimate of drug-likeness (QED) is 0.758. The summed E-state index contributed by atoms with van der Waals surface area (Å²) in [6.07, 6.45) is 2.09. The molecule has 1 heterocycles. The van der Waals surface area contributed by atoms with E-state index in [1.54, 1.807) is 11.9 Å². The van der Waals surface area contributed by atoms with Crippen LogP contribution in [0, 0.1) is 5.92 Å². The van der Waals surface area contributed by atoms with Crippen LogP contribution in [-0.2, 0) is 9.59 Å². The molecule has 3 amide bonds. The molecule has 0 unspecified atom stereocenters. The highest BCUT2D eigenvalue weighted by molar-refractivity contribution is 5.86. The number of carbonyl (C=O) groups excluding carboxylic acids is 2. The summed E-state index contributed by atoms with van der Waals surface area (Å²) < 4.78 is 0. The Hall–Kier alpha value is -1.79. The second-order valence-corrected chi connectivity index (χ2v) is 5.24. The first kappa shape index (κ1) is 13.6. The predicted molar refractivity (Wildman–Crippen MR) is 66.5 cm³/mol. The van der Waals surface area contributed by atoms with Crippen LogP contribution in [0.4, 0.5) is 4.79 Å². The lowest BCUT2D eigenvalue weighted by Gasteiger charge is -2.35. The fourth-order valence-electron chi connectivity index (χ4n) is 2.11. The summed E-state index contributed by atoms with van der Waals surface area (Å²) in [6.45, 7) is 1.18. The molecule has 2 aliphatic rings. The summed E-state index contributed by atoms with van der Waals surface area (Å²) in [4.78, 5) is 39.0. The molecule has 0 aromatic rings. The summed E-state index contributed by atoms with van der Waals surface area (Å²) in [7, 11) is 1.70. The lowest BCUT2D eigenvalue weighted by atomic mass is 10.3. The summed E-state index contributed by atoms with van der Waals surface area (Å²) in [5, 5.41) is 8.87. The molecule has 2 rings (SSSR count). The summed E-state index contributed by atoms with van der Waals surface area (Å²) in [5.74, 6) is -0.706. The monoisotopic (exact) mass is 269 g/mol. The molecule has 1 saturated heterocycles. The van der Waals surface area contributed by atoms with E-state index in [2.05, 4.69) is 0 Å². The van der Waals surface area contributed by atoms with Gasteiger partial charge in [-0.2, -0.15) is 0 Å². The zero-order chi connectivity index (χ0) is 14.0. The molecule has 0 bridgehead atoms. The Morgan fingerprint density at radius 1 is 1.37 bits per heavy atom. The molecule has 7 heteroatoms. The van der Waals surface area contributed by atoms with Gasteiger partial charge in [-0.25, -0.2) is 4.79 Å². The maximum atomic E-state index is 12.3. The van der Waals surface area contributed by atoms with Gasteiger partial charge >= 0.3 is 12.0 Å². The third-order valence-corrected chi connectivity index (χ3v) is 3.50. The van der Waals surface area contributed by atoms with Gasteiger partial charge in [-0.15, -0.1) is 0 Å². The average Bonchev–Trinajstić information content (AvgIpc) is 3.14. The van der Waals surface area contributed by atoms with Crippen molar-refractivity contribution in [3.63, 3.8) is 0 Å². The molecule has 2 fully saturated rings. The number of carboxylic acid groups (broad SMARTS) is 1. The van der Waals surface area contributed by atoms with Gasteiger partial charge in [-0.3, -0.25) is 9.59 Å². The number of aliphatic carboxylic acids is 1. The Labute approximate surface area is 111 Å². The number of likely N-dealkylation sites (N-methyl/N-ethyl adjacent to an activating group) is 1. The van der Waals surface area contributed by atoms with E-state index in [1.807, 2.05) is 0 Å². The van der Waals surface area contributed by atoms with Crippen molar-refractivity contribution in [2.75, 3.05) is 39.8 Å². The largest absolute Gasteiger partial charge is 0.480 e. The van der Waals surface area contributed by atoms with E-state index < -0.39 is 5.97 Å². The van der Waals surface area contributed by atoms with Crippen molar-refractivity contribution in [3.8, 4) is 0 Å². The normalized spacial score (nSPS) is 19.5. The number of urea groups is 1. The number of carbonyl (C=O) groups is 3. The molecule has 106 valence electrons. The molecule has 1 aliphatic heterocycles. The van der Waals surface area contributed by atoms with Crippen molar-refractivity contribution in [2.45, 2.75) is 12.8 Å². The van der Waals surface area contributed by atoms with E-state index in [4.69, 9.17) is 5.11 Å². The molecular formula is C12H19N3O4. The highest BCUT2D eigenvalue weighted by atomic mass is 16.4. The maximum Gasteiger partial charge on any atom is 0.323 e. The minimum atomic E-state index is -1.02. The Balaban J connectivity index is 1.97. The molecule has 0 aromatic carbocycles. The number of nitrogens with zero attached hydrogens (tertiary/aromatic N) is 3. The second kappa shape index (κ2) is 5.46. The average molecular weight is 269 g/mol. The van der Waals surface area contributed by atoms with Crippen LogP contribution in [0.25, 0.3) is 0 Å². The number of amides is 3. The number of hydrogen-bond donors (Lipinski definition) is 1. The van der Waals surface area contributed by atoms with Crippen LogP contribution in [0.2, 0.25) is 0 Å². The van der Waals surface area contributed by atoms with Crippen molar-refractivity contribution in [3.05, 3.63) is 0 Å². The van der Waals surface area contributed by atoms with Crippen molar-refractivity contribution < 1.29 is 19.5 Å². The molecule has 1 saturated carbocycles. The third-order valence-electron chi connectivity index (χ3n) is 3.50. The van der Waals surface area contributed by atoms with Gasteiger partial charge < -0.3 is 19.8 Å². The summed E-state index contributed by atoms with van der Waals surface area (Å²) in [6, 6.07) is -0.337. The van der Waals surface area contributed by atoms with Crippen LogP contribution in [0.5, 0.6) is 0 Å². The Morgan fingerprint density at radius 2 is 2.05 bits per heavy atom. The van der Waals surface area contributed by atoms with Gasteiger partial charge in [0, 0.05) is 26.7 Å². The van der Waals surface area contributed by atoms with Crippen molar-refractivity contribution in [1.29, 1.82) is 0 Å². The molecule has 0 aromatic heterocycles. The van der Waals surface area contributed by atoms with Crippen LogP contribution >= 0.6 is 0 Å². The third kappa shape index (κ3) is 3.59. The lowest BCUT2D eigenvalue weighted by molar-refractivity contribution is -0.137. The van der Waals surface area contributed by atoms with Gasteiger partial charge in [0.15, 0.2) is 0 Å². The first-order valence-electron chi connectivity index (χ1n) is 6.47. The van der Waals surface area contributed by atoms with E-state index in [-0.39, 0.29) is 25.0 Å². The molecular weight excluding hydrogens is 250 g/mol. The molecule has 19 heavy (non-hydrogen) atoms. The number of rotatable bonds is 4. The SMILES string of the molecule is CN1CCN(C(=O)N(CC(=O)O)CC2CC2)CC1=O. The fraction of sp³-hybridized carbons (Fsp3) is 0.750. The Bertz CT molecular complexity index is 394. The standard InChI is InChI=1S/C12H19N3O4/c1-13-4-5-14(7-10(13)16)12(19)15(8-11(17)18)6-9-2-3-9/h9H,2-8H2,1H3,(H,17,18). The first-order chi connectivity index (χ1) is 8.97. The van der Waals surface area contributed by atoms with Crippen LogP contribution in [-0.4, -0.2) is 77.5 Å². The van der Waals surface area contributed by atoms with E-state index in [9.17, 15) is 14.4 Å². The van der Waals surface area contributed by atoms with Crippen LogP contribution in [0.1, 0.15) is 12.8 Å². The molecule has 0 atom stereocenters. The maximum absolute atomic E-state index is 12.3. The van der Waals surface area contributed by atoms with Crippen LogP contribution < -0.4 is 0 Å². The second-order valence-electron chi connectivity index (χ2n) is 5.24. The van der Waals surface area contributed by atoms with Gasteiger partial charge in [-0.05, 0) is 18.8 Å². The molecule has 1 aliphatic carbocycles. The van der Waals surface area contributed by atoms with Crippen molar-refractivity contribution >= 4 is 17.9 Å². The highest BCUT2D eigenvalue weighted by Gasteiger charge is 2.32. The number of carboxylic acids is 1. The van der Waals surface area contributed by atoms with E-state index in [1.165, 1.54) is 9.80 Å². The van der Waals surface area contributed by atoms with Gasteiger partial charge in [0.25, 0.3) is 0 Å². The van der Waals surface area contributed by atoms with E-state index in [0.717, 1.165) is 12.8 Å². The van der Waals surface area contributed by atoms with Crippen LogP contribution in [0.15, 0.2) is 0 Å². The molecule has 7 nitrogen and oxygen atoms in total. The molecule has 1 N–H and O–H groups in total. The van der Waals surface area contributed by atoms with E-state index >= 15 is 0 Å². The fourth-order valence-corrected chi connectivity index (χ4v) is 2.11. The minimum Gasteiger partial charge on any atom is -0.480 e. The van der Waals surface area contributed by atoms with Crippen molar-refractivity contribution in [1.82, 2.24) is 14.7 Å². The Morgan fingerprint density at radius 3 is 2.58 bits per heavy atom. The highest BCUT2D eigenvalue weighted by Crippen LogP contribution is 2.30.